The molecule has 3 rings (SSSR count). The Morgan fingerprint density at radius 1 is 1.11 bits per heavy atom. The van der Waals surface area contributed by atoms with Crippen LogP contribution >= 0.6 is 0 Å². The molecule has 148 valence electrons. The lowest BCUT2D eigenvalue weighted by Gasteiger charge is -2.45. The number of carbonyl (C=O) groups excluding carboxylic acids is 1. The molecule has 1 unspecified atom stereocenters. The lowest BCUT2D eigenvalue weighted by Crippen LogP contribution is -2.52. The number of nitrogens with one attached hydrogen (secondary N) is 1. The van der Waals surface area contributed by atoms with Crippen molar-refractivity contribution in [1.29, 1.82) is 0 Å². The summed E-state index contributed by atoms with van der Waals surface area (Å²) in [4.78, 5) is 14.8. The number of hydrogen-bond donors (Lipinski definition) is 1. The van der Waals surface area contributed by atoms with Crippen LogP contribution in [0.2, 0.25) is 0 Å². The van der Waals surface area contributed by atoms with Crippen molar-refractivity contribution in [3.63, 3.8) is 0 Å². The van der Waals surface area contributed by atoms with Crippen LogP contribution in [0.4, 0.5) is 0 Å². The number of benzene rings is 1. The molecule has 0 aromatic heterocycles. The number of amides is 1. The summed E-state index contributed by atoms with van der Waals surface area (Å²) in [5, 5.41) is 3.50. The van der Waals surface area contributed by atoms with Crippen molar-refractivity contribution in [2.24, 2.45) is 5.41 Å². The van der Waals surface area contributed by atoms with Crippen LogP contribution in [0, 0.1) is 5.41 Å². The first kappa shape index (κ1) is 19.5. The first-order valence-corrected chi connectivity index (χ1v) is 9.58. The molecule has 1 N–H and O–H groups in total. The third-order valence-electron chi connectivity index (χ3n) is 5.64. The summed E-state index contributed by atoms with van der Waals surface area (Å²) in [5.74, 6) is 1.77. The molecule has 6 nitrogen and oxygen atoms in total. The standard InChI is InChI=1S/C21H30N2O4/c1-25-17-12-16(13-18(26-2)20(17)27-3)6-7-19(24)23-11-5-9-21(15-23)8-4-10-22-14-21/h6-7,12-13,22H,4-5,8-11,14-15H2,1-3H3/b7-6+. The van der Waals surface area contributed by atoms with Crippen molar-refractivity contribution in [2.45, 2.75) is 25.7 Å². The minimum absolute atomic E-state index is 0.0633. The molecule has 1 spiro atoms. The number of hydrogen-bond acceptors (Lipinski definition) is 5. The Morgan fingerprint density at radius 2 is 1.81 bits per heavy atom. The summed E-state index contributed by atoms with van der Waals surface area (Å²) in [5.41, 5.74) is 1.09. The van der Waals surface area contributed by atoms with Gasteiger partial charge in [0, 0.05) is 31.1 Å². The van der Waals surface area contributed by atoms with E-state index in [0.717, 1.165) is 38.2 Å². The fraction of sp³-hybridized carbons (Fsp3) is 0.571. The Bertz CT molecular complexity index is 665. The van der Waals surface area contributed by atoms with Crippen LogP contribution < -0.4 is 19.5 Å². The zero-order valence-corrected chi connectivity index (χ0v) is 16.5. The number of methoxy groups -OCH3 is 3. The predicted molar refractivity (Wildman–Crippen MR) is 105 cm³/mol. The van der Waals surface area contributed by atoms with E-state index < -0.39 is 0 Å². The topological polar surface area (TPSA) is 60.0 Å². The smallest absolute Gasteiger partial charge is 0.246 e. The molecule has 1 aromatic rings. The van der Waals surface area contributed by atoms with E-state index in [0.29, 0.717) is 17.2 Å². The normalized spacial score (nSPS) is 22.9. The Labute approximate surface area is 161 Å². The Kier molecular flexibility index (Phi) is 6.26. The molecular weight excluding hydrogens is 344 g/mol. The first-order valence-electron chi connectivity index (χ1n) is 9.58. The highest BCUT2D eigenvalue weighted by molar-refractivity contribution is 5.92. The third-order valence-corrected chi connectivity index (χ3v) is 5.64. The Morgan fingerprint density at radius 3 is 2.41 bits per heavy atom. The Hall–Kier alpha value is -2.21. The second kappa shape index (κ2) is 8.65. The molecule has 1 atom stereocenters. The molecule has 2 saturated heterocycles. The quantitative estimate of drug-likeness (QED) is 0.803. The highest BCUT2D eigenvalue weighted by atomic mass is 16.5. The molecule has 2 fully saturated rings. The summed E-state index contributed by atoms with van der Waals surface area (Å²) in [7, 11) is 4.74. The van der Waals surface area contributed by atoms with Crippen LogP contribution in [0.25, 0.3) is 6.08 Å². The average Bonchev–Trinajstić information content (AvgIpc) is 2.71. The molecule has 6 heteroatoms. The number of rotatable bonds is 5. The van der Waals surface area contributed by atoms with Crippen molar-refractivity contribution in [1.82, 2.24) is 10.2 Å². The van der Waals surface area contributed by atoms with E-state index in [-0.39, 0.29) is 11.3 Å². The fourth-order valence-electron chi connectivity index (χ4n) is 4.25. The highest BCUT2D eigenvalue weighted by Crippen LogP contribution is 2.39. The van der Waals surface area contributed by atoms with Crippen LogP contribution in [0.5, 0.6) is 17.2 Å². The van der Waals surface area contributed by atoms with Gasteiger partial charge in [0.1, 0.15) is 0 Å². The summed E-state index contributed by atoms with van der Waals surface area (Å²) in [6.45, 7) is 3.79. The molecule has 1 amide bonds. The molecule has 2 aliphatic rings. The molecular formula is C21H30N2O4. The second-order valence-electron chi connectivity index (χ2n) is 7.44. The molecule has 0 radical (unpaired) electrons. The maximum atomic E-state index is 12.8. The molecule has 0 saturated carbocycles. The molecule has 2 aliphatic heterocycles. The first-order chi connectivity index (χ1) is 13.1. The summed E-state index contributed by atoms with van der Waals surface area (Å²) in [6, 6.07) is 3.68. The zero-order chi connectivity index (χ0) is 19.3. The fourth-order valence-corrected chi connectivity index (χ4v) is 4.25. The van der Waals surface area contributed by atoms with Gasteiger partial charge < -0.3 is 24.4 Å². The van der Waals surface area contributed by atoms with E-state index in [9.17, 15) is 4.79 Å². The van der Waals surface area contributed by atoms with Crippen LogP contribution in [-0.4, -0.2) is 58.3 Å². The summed E-state index contributed by atoms with van der Waals surface area (Å²) in [6.07, 6.45) is 8.15. The lowest BCUT2D eigenvalue weighted by molar-refractivity contribution is -0.129. The predicted octanol–water partition coefficient (Wildman–Crippen LogP) is 2.72. The lowest BCUT2D eigenvalue weighted by atomic mass is 9.74. The largest absolute Gasteiger partial charge is 0.493 e. The molecule has 0 aliphatic carbocycles. The van der Waals surface area contributed by atoms with Crippen LogP contribution in [-0.2, 0) is 4.79 Å². The van der Waals surface area contributed by atoms with Crippen molar-refractivity contribution >= 4 is 12.0 Å². The van der Waals surface area contributed by atoms with Gasteiger partial charge in [-0.2, -0.15) is 0 Å². The van der Waals surface area contributed by atoms with E-state index in [1.165, 1.54) is 19.3 Å². The SMILES string of the molecule is COc1cc(/C=C/C(=O)N2CCCC3(CCCNC3)C2)cc(OC)c1OC. The number of piperidine rings is 2. The van der Waals surface area contributed by atoms with Gasteiger partial charge in [0.2, 0.25) is 11.7 Å². The molecule has 1 aromatic carbocycles. The van der Waals surface area contributed by atoms with Gasteiger partial charge in [-0.05, 0) is 56.0 Å². The monoisotopic (exact) mass is 374 g/mol. The number of likely N-dealkylation sites (tertiary alicyclic amines) is 1. The minimum Gasteiger partial charge on any atom is -0.493 e. The Balaban J connectivity index is 1.72. The second-order valence-corrected chi connectivity index (χ2v) is 7.44. The van der Waals surface area contributed by atoms with Crippen molar-refractivity contribution in [3.05, 3.63) is 23.8 Å². The van der Waals surface area contributed by atoms with E-state index >= 15 is 0 Å². The van der Waals surface area contributed by atoms with Crippen LogP contribution in [0.1, 0.15) is 31.2 Å². The maximum Gasteiger partial charge on any atom is 0.246 e. The molecule has 27 heavy (non-hydrogen) atoms. The summed E-state index contributed by atoms with van der Waals surface area (Å²) < 4.78 is 16.1. The van der Waals surface area contributed by atoms with Gasteiger partial charge in [0.25, 0.3) is 0 Å². The van der Waals surface area contributed by atoms with E-state index in [1.807, 2.05) is 23.1 Å². The van der Waals surface area contributed by atoms with Crippen LogP contribution in [0.15, 0.2) is 18.2 Å². The van der Waals surface area contributed by atoms with Gasteiger partial charge in [-0.1, -0.05) is 0 Å². The van der Waals surface area contributed by atoms with E-state index in [4.69, 9.17) is 14.2 Å². The van der Waals surface area contributed by atoms with Gasteiger partial charge in [-0.25, -0.2) is 0 Å². The van der Waals surface area contributed by atoms with Crippen molar-refractivity contribution < 1.29 is 19.0 Å². The van der Waals surface area contributed by atoms with Gasteiger partial charge in [0.05, 0.1) is 21.3 Å². The minimum atomic E-state index is 0.0633. The van der Waals surface area contributed by atoms with Crippen LogP contribution in [0.3, 0.4) is 0 Å². The van der Waals surface area contributed by atoms with Crippen molar-refractivity contribution in [2.75, 3.05) is 47.5 Å². The van der Waals surface area contributed by atoms with E-state index in [1.54, 1.807) is 27.4 Å². The number of nitrogens with zero attached hydrogens (tertiary/aromatic N) is 1. The summed E-state index contributed by atoms with van der Waals surface area (Å²) >= 11 is 0. The van der Waals surface area contributed by atoms with Gasteiger partial charge in [0.15, 0.2) is 11.5 Å². The van der Waals surface area contributed by atoms with Crippen molar-refractivity contribution in [3.8, 4) is 17.2 Å². The zero-order valence-electron chi connectivity index (χ0n) is 16.5. The highest BCUT2D eigenvalue weighted by Gasteiger charge is 2.37. The maximum absolute atomic E-state index is 12.8. The third kappa shape index (κ3) is 4.38. The number of carbonyl (C=O) groups is 1. The van der Waals surface area contributed by atoms with E-state index in [2.05, 4.69) is 5.32 Å². The number of ether oxygens (including phenoxy) is 3. The van der Waals surface area contributed by atoms with Gasteiger partial charge in [-0.3, -0.25) is 4.79 Å². The average molecular weight is 374 g/mol. The molecule has 2 heterocycles. The van der Waals surface area contributed by atoms with Gasteiger partial charge in [-0.15, -0.1) is 0 Å². The van der Waals surface area contributed by atoms with Gasteiger partial charge >= 0.3 is 0 Å². The molecule has 0 bridgehead atoms.